The van der Waals surface area contributed by atoms with Gasteiger partial charge >= 0.3 is 0 Å². The molecule has 5 nitrogen and oxygen atoms in total. The molecule has 0 bridgehead atoms. The molecular weight excluding hydrogens is 397 g/mol. The molecular formula is C21H21Cl2N3O2. The van der Waals surface area contributed by atoms with Crippen LogP contribution in [0.5, 0.6) is 5.75 Å². The molecule has 0 aliphatic heterocycles. The van der Waals surface area contributed by atoms with Crippen LogP contribution in [0.2, 0.25) is 10.0 Å². The Balaban J connectivity index is 1.61. The molecule has 1 heterocycles. The number of hydrogen-bond acceptors (Lipinski definition) is 3. The van der Waals surface area contributed by atoms with Crippen LogP contribution in [-0.2, 0) is 19.7 Å². The second-order valence-corrected chi connectivity index (χ2v) is 7.19. The van der Waals surface area contributed by atoms with Crippen LogP contribution >= 0.6 is 23.2 Å². The van der Waals surface area contributed by atoms with Crippen molar-refractivity contribution >= 4 is 29.1 Å². The van der Waals surface area contributed by atoms with Crippen molar-refractivity contribution < 1.29 is 9.53 Å². The number of nitrogens with one attached hydrogen (secondary N) is 1. The topological polar surface area (TPSA) is 56.2 Å². The molecule has 0 unspecified atom stereocenters. The molecule has 1 aromatic heterocycles. The van der Waals surface area contributed by atoms with E-state index in [4.69, 9.17) is 27.9 Å². The fourth-order valence-electron chi connectivity index (χ4n) is 2.73. The Morgan fingerprint density at radius 3 is 2.75 bits per heavy atom. The summed E-state index contributed by atoms with van der Waals surface area (Å²) in [5.41, 5.74) is 3.37. The molecule has 0 fully saturated rings. The summed E-state index contributed by atoms with van der Waals surface area (Å²) in [6.45, 7) is 5.50. The number of carbonyl (C=O) groups is 1. The van der Waals surface area contributed by atoms with Gasteiger partial charge in [0.25, 0.3) is 5.91 Å². The maximum atomic E-state index is 12.5. The van der Waals surface area contributed by atoms with Crippen molar-refractivity contribution in [3.63, 3.8) is 0 Å². The lowest BCUT2D eigenvalue weighted by Gasteiger charge is -2.10. The number of rotatable bonds is 7. The lowest BCUT2D eigenvalue weighted by atomic mass is 10.1. The van der Waals surface area contributed by atoms with Crippen LogP contribution in [0.3, 0.4) is 0 Å². The van der Waals surface area contributed by atoms with E-state index in [9.17, 15) is 4.79 Å². The largest absolute Gasteiger partial charge is 0.487 e. The predicted molar refractivity (Wildman–Crippen MR) is 111 cm³/mol. The predicted octanol–water partition coefficient (Wildman–Crippen LogP) is 5.03. The van der Waals surface area contributed by atoms with E-state index in [-0.39, 0.29) is 5.91 Å². The third-order valence-electron chi connectivity index (χ3n) is 4.29. The van der Waals surface area contributed by atoms with Gasteiger partial charge in [0, 0.05) is 35.4 Å². The quantitative estimate of drug-likeness (QED) is 0.586. The van der Waals surface area contributed by atoms with Crippen molar-refractivity contribution in [1.29, 1.82) is 0 Å². The summed E-state index contributed by atoms with van der Waals surface area (Å²) in [5, 5.41) is 8.33. The standard InChI is InChI=1S/C21H21Cl2N3O2/c1-3-26-12-17(14(2)25-26)11-24-21(27)16-6-4-5-15(9-16)13-28-20-8-7-18(22)10-19(20)23/h4-10,12H,3,11,13H2,1-2H3,(H,24,27). The highest BCUT2D eigenvalue weighted by Crippen LogP contribution is 2.28. The number of aryl methyl sites for hydroxylation is 2. The van der Waals surface area contributed by atoms with Crippen molar-refractivity contribution in [1.82, 2.24) is 15.1 Å². The Labute approximate surface area is 174 Å². The minimum Gasteiger partial charge on any atom is -0.487 e. The first kappa shape index (κ1) is 20.2. The Kier molecular flexibility index (Phi) is 6.60. The summed E-state index contributed by atoms with van der Waals surface area (Å²) in [7, 11) is 0. The average Bonchev–Trinajstić information content (AvgIpc) is 3.05. The van der Waals surface area contributed by atoms with Crippen molar-refractivity contribution in [2.24, 2.45) is 0 Å². The van der Waals surface area contributed by atoms with E-state index in [0.717, 1.165) is 23.4 Å². The van der Waals surface area contributed by atoms with Crippen LogP contribution in [0.4, 0.5) is 0 Å². The third kappa shape index (κ3) is 5.06. The second-order valence-electron chi connectivity index (χ2n) is 6.34. The molecule has 3 rings (SSSR count). The van der Waals surface area contributed by atoms with E-state index in [1.165, 1.54) is 0 Å². The van der Waals surface area contributed by atoms with E-state index < -0.39 is 0 Å². The van der Waals surface area contributed by atoms with Gasteiger partial charge in [0.05, 0.1) is 10.7 Å². The Bertz CT molecular complexity index is 986. The van der Waals surface area contributed by atoms with Crippen LogP contribution in [-0.4, -0.2) is 15.7 Å². The summed E-state index contributed by atoms with van der Waals surface area (Å²) < 4.78 is 7.60. The second kappa shape index (κ2) is 9.13. The van der Waals surface area contributed by atoms with E-state index in [0.29, 0.717) is 34.5 Å². The zero-order valence-corrected chi connectivity index (χ0v) is 17.2. The van der Waals surface area contributed by atoms with Gasteiger partial charge in [-0.05, 0) is 49.7 Å². The molecule has 0 aliphatic carbocycles. The first-order valence-corrected chi connectivity index (χ1v) is 9.69. The number of halogens is 2. The molecule has 2 aromatic carbocycles. The minimum atomic E-state index is -0.143. The number of amides is 1. The van der Waals surface area contributed by atoms with Gasteiger partial charge in [-0.3, -0.25) is 9.48 Å². The van der Waals surface area contributed by atoms with Crippen LogP contribution in [0.1, 0.15) is 34.1 Å². The van der Waals surface area contributed by atoms with Crippen molar-refractivity contribution in [3.05, 3.63) is 81.1 Å². The highest BCUT2D eigenvalue weighted by atomic mass is 35.5. The molecule has 0 saturated carbocycles. The van der Waals surface area contributed by atoms with Crippen LogP contribution < -0.4 is 10.1 Å². The number of nitrogens with zero attached hydrogens (tertiary/aromatic N) is 2. The van der Waals surface area contributed by atoms with E-state index in [1.54, 1.807) is 24.3 Å². The zero-order chi connectivity index (χ0) is 20.1. The molecule has 0 spiro atoms. The van der Waals surface area contributed by atoms with E-state index in [1.807, 2.05) is 42.9 Å². The van der Waals surface area contributed by atoms with E-state index in [2.05, 4.69) is 10.4 Å². The first-order chi connectivity index (χ1) is 13.5. The first-order valence-electron chi connectivity index (χ1n) is 8.94. The molecule has 28 heavy (non-hydrogen) atoms. The maximum Gasteiger partial charge on any atom is 0.251 e. The third-order valence-corrected chi connectivity index (χ3v) is 4.82. The summed E-state index contributed by atoms with van der Waals surface area (Å²) in [4.78, 5) is 12.5. The molecule has 0 atom stereocenters. The van der Waals surface area contributed by atoms with Gasteiger partial charge in [-0.25, -0.2) is 0 Å². The number of carbonyl (C=O) groups excluding carboxylic acids is 1. The summed E-state index contributed by atoms with van der Waals surface area (Å²) in [5.74, 6) is 0.402. The van der Waals surface area contributed by atoms with Gasteiger partial charge in [0.15, 0.2) is 0 Å². The normalized spacial score (nSPS) is 10.7. The van der Waals surface area contributed by atoms with Crippen molar-refractivity contribution in [3.8, 4) is 5.75 Å². The highest BCUT2D eigenvalue weighted by molar-refractivity contribution is 6.35. The Morgan fingerprint density at radius 1 is 1.21 bits per heavy atom. The van der Waals surface area contributed by atoms with Gasteiger partial charge in [-0.2, -0.15) is 5.10 Å². The van der Waals surface area contributed by atoms with Crippen LogP contribution in [0.25, 0.3) is 0 Å². The number of aromatic nitrogens is 2. The lowest BCUT2D eigenvalue weighted by Crippen LogP contribution is -2.23. The van der Waals surface area contributed by atoms with Crippen LogP contribution in [0.15, 0.2) is 48.7 Å². The highest BCUT2D eigenvalue weighted by Gasteiger charge is 2.10. The number of benzene rings is 2. The SMILES string of the molecule is CCn1cc(CNC(=O)c2cccc(COc3ccc(Cl)cc3Cl)c2)c(C)n1. The Morgan fingerprint density at radius 2 is 2.04 bits per heavy atom. The van der Waals surface area contributed by atoms with Gasteiger partial charge < -0.3 is 10.1 Å². The summed E-state index contributed by atoms with van der Waals surface area (Å²) in [6, 6.07) is 12.4. The van der Waals surface area contributed by atoms with Crippen molar-refractivity contribution in [2.45, 2.75) is 33.5 Å². The van der Waals surface area contributed by atoms with Gasteiger partial charge in [-0.15, -0.1) is 0 Å². The number of hydrogen-bond donors (Lipinski definition) is 1. The molecule has 3 aromatic rings. The molecule has 146 valence electrons. The fraction of sp³-hybridized carbons (Fsp3) is 0.238. The average molecular weight is 418 g/mol. The molecule has 7 heteroatoms. The summed E-state index contributed by atoms with van der Waals surface area (Å²) in [6.07, 6.45) is 1.95. The zero-order valence-electron chi connectivity index (χ0n) is 15.7. The molecule has 0 radical (unpaired) electrons. The van der Waals surface area contributed by atoms with Gasteiger partial charge in [-0.1, -0.05) is 35.3 Å². The minimum absolute atomic E-state index is 0.143. The fourth-order valence-corrected chi connectivity index (χ4v) is 3.19. The van der Waals surface area contributed by atoms with Gasteiger partial charge in [0.2, 0.25) is 0 Å². The van der Waals surface area contributed by atoms with Gasteiger partial charge in [0.1, 0.15) is 12.4 Å². The summed E-state index contributed by atoms with van der Waals surface area (Å²) >= 11 is 12.0. The lowest BCUT2D eigenvalue weighted by molar-refractivity contribution is 0.0950. The molecule has 1 amide bonds. The van der Waals surface area contributed by atoms with Crippen molar-refractivity contribution in [2.75, 3.05) is 0 Å². The maximum absolute atomic E-state index is 12.5. The smallest absolute Gasteiger partial charge is 0.251 e. The number of ether oxygens (including phenoxy) is 1. The van der Waals surface area contributed by atoms with E-state index >= 15 is 0 Å². The monoisotopic (exact) mass is 417 g/mol. The molecule has 1 N–H and O–H groups in total. The molecule has 0 saturated heterocycles. The Hall–Kier alpha value is -2.50. The van der Waals surface area contributed by atoms with Crippen LogP contribution in [0, 0.1) is 6.92 Å². The molecule has 0 aliphatic rings.